The van der Waals surface area contributed by atoms with E-state index in [9.17, 15) is 14.0 Å². The molecule has 172 valence electrons. The van der Waals surface area contributed by atoms with Crippen LogP contribution in [0.25, 0.3) is 10.8 Å². The summed E-state index contributed by atoms with van der Waals surface area (Å²) in [6.45, 7) is 5.35. The lowest BCUT2D eigenvalue weighted by molar-refractivity contribution is -0.137. The van der Waals surface area contributed by atoms with Gasteiger partial charge >= 0.3 is 0 Å². The highest BCUT2D eigenvalue weighted by atomic mass is 19.1. The third-order valence-corrected chi connectivity index (χ3v) is 5.95. The number of fused-ring (bicyclic) bond motifs is 1. The molecule has 1 saturated heterocycles. The third-order valence-electron chi connectivity index (χ3n) is 5.95. The molecule has 1 aliphatic heterocycles. The monoisotopic (exact) mass is 449 g/mol. The van der Waals surface area contributed by atoms with E-state index in [1.807, 2.05) is 30.6 Å². The topological polar surface area (TPSA) is 71.5 Å². The van der Waals surface area contributed by atoms with Crippen molar-refractivity contribution in [3.63, 3.8) is 0 Å². The fourth-order valence-corrected chi connectivity index (χ4v) is 4.25. The Morgan fingerprint density at radius 3 is 2.70 bits per heavy atom. The van der Waals surface area contributed by atoms with Gasteiger partial charge in [0.25, 0.3) is 5.91 Å². The van der Waals surface area contributed by atoms with Crippen LogP contribution in [0.5, 0.6) is 0 Å². The molecular weight excluding hydrogens is 421 g/mol. The van der Waals surface area contributed by atoms with Gasteiger partial charge < -0.3 is 15.0 Å². The van der Waals surface area contributed by atoms with Gasteiger partial charge in [-0.2, -0.15) is 0 Å². The predicted molar refractivity (Wildman–Crippen MR) is 124 cm³/mol. The quantitative estimate of drug-likeness (QED) is 0.646. The molecule has 6 nitrogen and oxygen atoms in total. The first-order valence-corrected chi connectivity index (χ1v) is 11.1. The van der Waals surface area contributed by atoms with Crippen molar-refractivity contribution in [2.24, 2.45) is 5.92 Å². The highest BCUT2D eigenvalue weighted by Crippen LogP contribution is 2.22. The van der Waals surface area contributed by atoms with Crippen molar-refractivity contribution in [1.82, 2.24) is 15.2 Å². The molecule has 2 aromatic carbocycles. The van der Waals surface area contributed by atoms with Gasteiger partial charge in [0.2, 0.25) is 5.91 Å². The molecule has 1 aromatic heterocycles. The Kier molecular flexibility index (Phi) is 6.70. The van der Waals surface area contributed by atoms with Gasteiger partial charge in [-0.15, -0.1) is 0 Å². The van der Waals surface area contributed by atoms with E-state index in [0.717, 1.165) is 22.8 Å². The van der Waals surface area contributed by atoms with Gasteiger partial charge in [-0.25, -0.2) is 4.39 Å². The highest BCUT2D eigenvalue weighted by molar-refractivity contribution is 5.99. The van der Waals surface area contributed by atoms with Crippen molar-refractivity contribution < 1.29 is 18.7 Å². The van der Waals surface area contributed by atoms with Crippen LogP contribution < -0.4 is 5.32 Å². The van der Waals surface area contributed by atoms with E-state index in [1.165, 1.54) is 24.3 Å². The number of nitrogens with one attached hydrogen (secondary N) is 1. The molecule has 0 saturated carbocycles. The van der Waals surface area contributed by atoms with Crippen LogP contribution in [0.15, 0.2) is 60.9 Å². The number of ether oxygens (including phenoxy) is 1. The number of rotatable bonds is 5. The molecule has 0 bridgehead atoms. The molecular formula is C26H28FN3O3. The minimum Gasteiger partial charge on any atom is -0.379 e. The molecule has 0 aliphatic carbocycles. The second-order valence-electron chi connectivity index (χ2n) is 9.00. The summed E-state index contributed by atoms with van der Waals surface area (Å²) in [5.74, 6) is -0.908. The van der Waals surface area contributed by atoms with Crippen LogP contribution in [0.2, 0.25) is 0 Å². The molecule has 1 fully saturated rings. The molecule has 7 heteroatoms. The zero-order valence-corrected chi connectivity index (χ0v) is 18.9. The molecule has 4 rings (SSSR count). The van der Waals surface area contributed by atoms with Crippen molar-refractivity contribution in [1.29, 1.82) is 0 Å². The van der Waals surface area contributed by atoms with Gasteiger partial charge in [0, 0.05) is 42.4 Å². The van der Waals surface area contributed by atoms with Crippen LogP contribution in [0.1, 0.15) is 29.8 Å². The maximum atomic E-state index is 13.4. The van der Waals surface area contributed by atoms with Gasteiger partial charge in [-0.3, -0.25) is 14.6 Å². The summed E-state index contributed by atoms with van der Waals surface area (Å²) in [5, 5.41) is 5.03. The molecule has 3 aromatic rings. The highest BCUT2D eigenvalue weighted by Gasteiger charge is 2.35. The Hall–Kier alpha value is -3.32. The molecule has 0 radical (unpaired) electrons. The fourth-order valence-electron chi connectivity index (χ4n) is 4.25. The number of amides is 2. The average Bonchev–Trinajstić information content (AvgIpc) is 3.04. The maximum Gasteiger partial charge on any atom is 0.252 e. The van der Waals surface area contributed by atoms with Crippen molar-refractivity contribution >= 4 is 22.6 Å². The van der Waals surface area contributed by atoms with Crippen molar-refractivity contribution in [3.05, 3.63) is 77.9 Å². The summed E-state index contributed by atoms with van der Waals surface area (Å²) in [6, 6.07) is 13.4. The number of benzene rings is 2. The van der Waals surface area contributed by atoms with E-state index in [0.29, 0.717) is 31.9 Å². The molecule has 0 unspecified atom stereocenters. The number of hydrogen-bond acceptors (Lipinski definition) is 4. The number of aromatic nitrogens is 1. The number of nitrogens with zero attached hydrogens (tertiary/aromatic N) is 2. The SMILES string of the molecule is CC(C)(NC(=O)c1ccc(F)cc1)C(=O)N1CCOC[C@@H](Cc2cncc3ccccc23)C1. The molecule has 33 heavy (non-hydrogen) atoms. The van der Waals surface area contributed by atoms with Gasteiger partial charge in [-0.05, 0) is 55.5 Å². The zero-order valence-electron chi connectivity index (χ0n) is 18.9. The fraction of sp³-hybridized carbons (Fsp3) is 0.346. The Labute approximate surface area is 192 Å². The van der Waals surface area contributed by atoms with E-state index in [2.05, 4.69) is 16.4 Å². The van der Waals surface area contributed by atoms with Gasteiger partial charge in [0.1, 0.15) is 11.4 Å². The number of hydrogen-bond donors (Lipinski definition) is 1. The third kappa shape index (κ3) is 5.37. The van der Waals surface area contributed by atoms with E-state index >= 15 is 0 Å². The van der Waals surface area contributed by atoms with Crippen LogP contribution in [0.3, 0.4) is 0 Å². The molecule has 2 amide bonds. The van der Waals surface area contributed by atoms with Crippen molar-refractivity contribution in [2.45, 2.75) is 25.8 Å². The van der Waals surface area contributed by atoms with Gasteiger partial charge in [0.15, 0.2) is 0 Å². The lowest BCUT2D eigenvalue weighted by Crippen LogP contribution is -2.56. The summed E-state index contributed by atoms with van der Waals surface area (Å²) in [6.07, 6.45) is 4.47. The molecule has 1 N–H and O–H groups in total. The standard InChI is InChI=1S/C26H28FN3O3/c1-26(2,29-24(31)19-7-9-22(27)10-8-19)25(32)30-11-12-33-17-18(16-30)13-21-15-28-14-20-5-3-4-6-23(20)21/h3-10,14-15,18H,11-13,16-17H2,1-2H3,(H,29,31)/t18-/m0/s1. The number of carbonyl (C=O) groups is 2. The first-order chi connectivity index (χ1) is 15.8. The van der Waals surface area contributed by atoms with E-state index in [1.54, 1.807) is 18.7 Å². The lowest BCUT2D eigenvalue weighted by atomic mass is 9.95. The summed E-state index contributed by atoms with van der Waals surface area (Å²) >= 11 is 0. The second-order valence-corrected chi connectivity index (χ2v) is 9.00. The molecule has 2 heterocycles. The molecule has 1 atom stereocenters. The first-order valence-electron chi connectivity index (χ1n) is 11.1. The van der Waals surface area contributed by atoms with E-state index < -0.39 is 17.3 Å². The first kappa shape index (κ1) is 22.9. The average molecular weight is 450 g/mol. The maximum absolute atomic E-state index is 13.4. The Balaban J connectivity index is 1.46. The Morgan fingerprint density at radius 2 is 1.91 bits per heavy atom. The summed E-state index contributed by atoms with van der Waals surface area (Å²) < 4.78 is 19.0. The van der Waals surface area contributed by atoms with Crippen LogP contribution >= 0.6 is 0 Å². The smallest absolute Gasteiger partial charge is 0.252 e. The van der Waals surface area contributed by atoms with Crippen LogP contribution in [-0.2, 0) is 16.0 Å². The largest absolute Gasteiger partial charge is 0.379 e. The Bertz CT molecular complexity index is 1140. The summed E-state index contributed by atoms with van der Waals surface area (Å²) in [4.78, 5) is 32.1. The number of pyridine rings is 1. The summed E-state index contributed by atoms with van der Waals surface area (Å²) in [5.41, 5.74) is 0.305. The zero-order chi connectivity index (χ0) is 23.4. The van der Waals surface area contributed by atoms with Gasteiger partial charge in [-0.1, -0.05) is 24.3 Å². The van der Waals surface area contributed by atoms with Crippen LogP contribution in [0, 0.1) is 11.7 Å². The van der Waals surface area contributed by atoms with Crippen LogP contribution in [0.4, 0.5) is 4.39 Å². The van der Waals surface area contributed by atoms with Crippen LogP contribution in [-0.4, -0.2) is 53.5 Å². The minimum absolute atomic E-state index is 0.104. The predicted octanol–water partition coefficient (Wildman–Crippen LogP) is 3.60. The van der Waals surface area contributed by atoms with Crippen molar-refractivity contribution in [2.75, 3.05) is 26.3 Å². The van der Waals surface area contributed by atoms with E-state index in [-0.39, 0.29) is 11.8 Å². The molecule has 1 aliphatic rings. The van der Waals surface area contributed by atoms with Crippen molar-refractivity contribution in [3.8, 4) is 0 Å². The normalized spacial score (nSPS) is 16.9. The minimum atomic E-state index is -1.12. The lowest BCUT2D eigenvalue weighted by Gasteiger charge is -2.33. The van der Waals surface area contributed by atoms with Gasteiger partial charge in [0.05, 0.1) is 13.2 Å². The Morgan fingerprint density at radius 1 is 1.15 bits per heavy atom. The number of carbonyl (C=O) groups excluding carboxylic acids is 2. The number of halogens is 1. The summed E-state index contributed by atoms with van der Waals surface area (Å²) in [7, 11) is 0. The van der Waals surface area contributed by atoms with E-state index in [4.69, 9.17) is 4.74 Å². The molecule has 0 spiro atoms. The second kappa shape index (κ2) is 9.67.